The molecule has 2 aliphatic heterocycles. The highest BCUT2D eigenvalue weighted by atomic mass is 16.2. The molecule has 0 N–H and O–H groups in total. The number of piperidine rings is 1. The molecular weight excluding hydrogens is 262 g/mol. The maximum atomic E-state index is 12.6. The molecule has 2 aliphatic rings. The van der Waals surface area contributed by atoms with Crippen LogP contribution in [0.2, 0.25) is 0 Å². The minimum Gasteiger partial charge on any atom is -0.340 e. The summed E-state index contributed by atoms with van der Waals surface area (Å²) >= 11 is 0. The van der Waals surface area contributed by atoms with Gasteiger partial charge in [-0.25, -0.2) is 0 Å². The van der Waals surface area contributed by atoms with Crippen molar-refractivity contribution in [2.24, 2.45) is 11.8 Å². The van der Waals surface area contributed by atoms with E-state index in [1.807, 2.05) is 0 Å². The van der Waals surface area contributed by atoms with E-state index in [4.69, 9.17) is 0 Å². The van der Waals surface area contributed by atoms with Crippen LogP contribution in [0.15, 0.2) is 0 Å². The van der Waals surface area contributed by atoms with E-state index >= 15 is 0 Å². The van der Waals surface area contributed by atoms with Crippen LogP contribution in [0.3, 0.4) is 0 Å². The third kappa shape index (κ3) is 4.68. The predicted octanol–water partition coefficient (Wildman–Crippen LogP) is 1.91. The number of nitrogens with zero attached hydrogens (tertiary/aromatic N) is 3. The van der Waals surface area contributed by atoms with Gasteiger partial charge in [-0.05, 0) is 45.7 Å². The van der Waals surface area contributed by atoms with Crippen molar-refractivity contribution in [1.82, 2.24) is 14.7 Å². The second-order valence-electron chi connectivity index (χ2n) is 7.42. The first-order valence-electron chi connectivity index (χ1n) is 8.72. The third-order valence-electron chi connectivity index (χ3n) is 4.92. The highest BCUT2D eigenvalue weighted by Crippen LogP contribution is 2.21. The van der Waals surface area contributed by atoms with Gasteiger partial charge in [0.2, 0.25) is 5.91 Å². The maximum Gasteiger partial charge on any atom is 0.225 e. The molecule has 2 saturated heterocycles. The number of likely N-dealkylation sites (tertiary alicyclic amines) is 1. The van der Waals surface area contributed by atoms with E-state index in [0.717, 1.165) is 58.0 Å². The molecule has 122 valence electrons. The summed E-state index contributed by atoms with van der Waals surface area (Å²) < 4.78 is 0. The lowest BCUT2D eigenvalue weighted by atomic mass is 9.94. The predicted molar refractivity (Wildman–Crippen MR) is 87.3 cm³/mol. The van der Waals surface area contributed by atoms with Crippen LogP contribution in [0, 0.1) is 11.8 Å². The van der Waals surface area contributed by atoms with Crippen LogP contribution in [-0.2, 0) is 4.79 Å². The number of rotatable bonds is 4. The second kappa shape index (κ2) is 7.59. The van der Waals surface area contributed by atoms with Crippen molar-refractivity contribution >= 4 is 5.91 Å². The Kier molecular flexibility index (Phi) is 6.06. The van der Waals surface area contributed by atoms with Gasteiger partial charge in [-0.1, -0.05) is 13.8 Å². The van der Waals surface area contributed by atoms with Crippen LogP contribution in [0.5, 0.6) is 0 Å². The molecule has 0 bridgehead atoms. The Morgan fingerprint density at radius 2 is 1.52 bits per heavy atom. The highest BCUT2D eigenvalue weighted by Gasteiger charge is 2.30. The van der Waals surface area contributed by atoms with E-state index in [1.165, 1.54) is 6.54 Å². The van der Waals surface area contributed by atoms with Crippen LogP contribution in [0.1, 0.15) is 40.5 Å². The Bertz CT molecular complexity index is 327. The van der Waals surface area contributed by atoms with Gasteiger partial charge in [0.05, 0.1) is 0 Å². The molecule has 0 saturated carbocycles. The van der Waals surface area contributed by atoms with E-state index in [2.05, 4.69) is 42.4 Å². The first kappa shape index (κ1) is 16.8. The lowest BCUT2D eigenvalue weighted by Gasteiger charge is -2.40. The summed E-state index contributed by atoms with van der Waals surface area (Å²) in [4.78, 5) is 19.7. The standard InChI is InChI=1S/C17H33N3O/c1-14(2)13-18-7-5-16(6-8-18)17(21)20-11-9-19(10-12-20)15(3)4/h14-16H,5-13H2,1-4H3. The molecular formula is C17H33N3O. The summed E-state index contributed by atoms with van der Waals surface area (Å²) in [7, 11) is 0. The molecule has 4 nitrogen and oxygen atoms in total. The minimum absolute atomic E-state index is 0.277. The molecule has 0 aromatic carbocycles. The number of carbonyl (C=O) groups excluding carboxylic acids is 1. The van der Waals surface area contributed by atoms with Crippen molar-refractivity contribution in [2.45, 2.75) is 46.6 Å². The average molecular weight is 295 g/mol. The molecule has 0 aromatic heterocycles. The first-order valence-corrected chi connectivity index (χ1v) is 8.72. The van der Waals surface area contributed by atoms with Gasteiger partial charge in [0, 0.05) is 44.7 Å². The fourth-order valence-corrected chi connectivity index (χ4v) is 3.60. The fraction of sp³-hybridized carbons (Fsp3) is 0.941. The number of hydrogen-bond acceptors (Lipinski definition) is 3. The van der Waals surface area contributed by atoms with Gasteiger partial charge in [0.25, 0.3) is 0 Å². The van der Waals surface area contributed by atoms with Gasteiger partial charge in [-0.2, -0.15) is 0 Å². The van der Waals surface area contributed by atoms with Gasteiger partial charge in [-0.3, -0.25) is 9.69 Å². The van der Waals surface area contributed by atoms with Crippen molar-refractivity contribution in [2.75, 3.05) is 45.8 Å². The molecule has 0 unspecified atom stereocenters. The summed E-state index contributed by atoms with van der Waals surface area (Å²) in [5.74, 6) is 1.42. The molecule has 0 spiro atoms. The summed E-state index contributed by atoms with van der Waals surface area (Å²) in [6.45, 7) is 16.3. The maximum absolute atomic E-state index is 12.6. The van der Waals surface area contributed by atoms with Crippen molar-refractivity contribution in [3.63, 3.8) is 0 Å². The molecule has 2 rings (SSSR count). The lowest BCUT2D eigenvalue weighted by molar-refractivity contribution is -0.139. The van der Waals surface area contributed by atoms with E-state index in [9.17, 15) is 4.79 Å². The largest absolute Gasteiger partial charge is 0.340 e. The second-order valence-corrected chi connectivity index (χ2v) is 7.42. The monoisotopic (exact) mass is 295 g/mol. The zero-order valence-electron chi connectivity index (χ0n) is 14.3. The average Bonchev–Trinajstić information content (AvgIpc) is 2.47. The molecule has 0 aliphatic carbocycles. The Labute approximate surface area is 130 Å². The van der Waals surface area contributed by atoms with E-state index in [-0.39, 0.29) is 5.92 Å². The van der Waals surface area contributed by atoms with Gasteiger partial charge in [-0.15, -0.1) is 0 Å². The number of carbonyl (C=O) groups is 1. The Morgan fingerprint density at radius 1 is 0.952 bits per heavy atom. The molecule has 1 amide bonds. The molecule has 0 atom stereocenters. The normalized spacial score (nSPS) is 23.2. The van der Waals surface area contributed by atoms with Crippen LogP contribution in [0.4, 0.5) is 0 Å². The Hall–Kier alpha value is -0.610. The summed E-state index contributed by atoms with van der Waals surface area (Å²) in [6.07, 6.45) is 2.10. The third-order valence-corrected chi connectivity index (χ3v) is 4.92. The van der Waals surface area contributed by atoms with Gasteiger partial charge in [0.15, 0.2) is 0 Å². The van der Waals surface area contributed by atoms with Crippen molar-refractivity contribution < 1.29 is 4.79 Å². The molecule has 2 heterocycles. The fourth-order valence-electron chi connectivity index (χ4n) is 3.60. The van der Waals surface area contributed by atoms with E-state index < -0.39 is 0 Å². The quantitative estimate of drug-likeness (QED) is 0.793. The van der Waals surface area contributed by atoms with Crippen LogP contribution in [0.25, 0.3) is 0 Å². The van der Waals surface area contributed by atoms with Crippen LogP contribution < -0.4 is 0 Å². The molecule has 2 fully saturated rings. The lowest BCUT2D eigenvalue weighted by Crippen LogP contribution is -2.53. The zero-order chi connectivity index (χ0) is 15.4. The highest BCUT2D eigenvalue weighted by molar-refractivity contribution is 5.79. The molecule has 4 heteroatoms. The van der Waals surface area contributed by atoms with Gasteiger partial charge < -0.3 is 9.80 Å². The summed E-state index contributed by atoms with van der Waals surface area (Å²) in [5, 5.41) is 0. The van der Waals surface area contributed by atoms with Crippen molar-refractivity contribution in [3.8, 4) is 0 Å². The number of amides is 1. The van der Waals surface area contributed by atoms with Crippen LogP contribution >= 0.6 is 0 Å². The van der Waals surface area contributed by atoms with E-state index in [0.29, 0.717) is 11.9 Å². The van der Waals surface area contributed by atoms with E-state index in [1.54, 1.807) is 0 Å². The van der Waals surface area contributed by atoms with Crippen molar-refractivity contribution in [1.29, 1.82) is 0 Å². The Balaban J connectivity index is 1.75. The summed E-state index contributed by atoms with van der Waals surface area (Å²) in [5.41, 5.74) is 0. The summed E-state index contributed by atoms with van der Waals surface area (Å²) in [6, 6.07) is 0.599. The molecule has 21 heavy (non-hydrogen) atoms. The van der Waals surface area contributed by atoms with Gasteiger partial charge >= 0.3 is 0 Å². The topological polar surface area (TPSA) is 26.8 Å². The smallest absolute Gasteiger partial charge is 0.225 e. The SMILES string of the molecule is CC(C)CN1CCC(C(=O)N2CCN(C(C)C)CC2)CC1. The minimum atomic E-state index is 0.277. The van der Waals surface area contributed by atoms with Gasteiger partial charge in [0.1, 0.15) is 0 Å². The Morgan fingerprint density at radius 3 is 2.00 bits per heavy atom. The molecule has 0 aromatic rings. The van der Waals surface area contributed by atoms with Crippen LogP contribution in [-0.4, -0.2) is 72.5 Å². The number of piperazine rings is 1. The van der Waals surface area contributed by atoms with Crippen molar-refractivity contribution in [3.05, 3.63) is 0 Å². The number of hydrogen-bond donors (Lipinski definition) is 0. The molecule has 0 radical (unpaired) electrons. The first-order chi connectivity index (χ1) is 9.97. The zero-order valence-corrected chi connectivity index (χ0v) is 14.3.